The first kappa shape index (κ1) is 20.3. The Bertz CT molecular complexity index is 696. The van der Waals surface area contributed by atoms with Crippen LogP contribution in [-0.4, -0.2) is 41.1 Å². The van der Waals surface area contributed by atoms with Crippen LogP contribution in [0.25, 0.3) is 0 Å². The van der Waals surface area contributed by atoms with Gasteiger partial charge in [-0.1, -0.05) is 0 Å². The van der Waals surface area contributed by atoms with E-state index in [-0.39, 0.29) is 5.82 Å². The molecule has 2 N–H and O–H groups in total. The summed E-state index contributed by atoms with van der Waals surface area (Å²) in [4.78, 5) is 5.69. The van der Waals surface area contributed by atoms with Crippen LogP contribution in [0, 0.1) is 19.7 Å². The Morgan fingerprint density at radius 3 is 2.65 bits per heavy atom. The highest BCUT2D eigenvalue weighted by molar-refractivity contribution is 7.99. The van der Waals surface area contributed by atoms with E-state index in [2.05, 4.69) is 40.6 Å². The van der Waals surface area contributed by atoms with E-state index >= 15 is 0 Å². The van der Waals surface area contributed by atoms with E-state index in [1.54, 1.807) is 23.9 Å². The van der Waals surface area contributed by atoms with Crippen LogP contribution in [-0.2, 0) is 6.54 Å². The van der Waals surface area contributed by atoms with Gasteiger partial charge in [-0.25, -0.2) is 4.39 Å². The van der Waals surface area contributed by atoms with Crippen molar-refractivity contribution in [2.75, 3.05) is 25.4 Å². The Hall–Kier alpha value is -2.02. The topological polar surface area (TPSA) is 54.2 Å². The number of thioether (sulfide) groups is 1. The molecule has 0 aliphatic heterocycles. The third-order valence-electron chi connectivity index (χ3n) is 3.72. The number of hydrogen-bond acceptors (Lipinski definition) is 3. The molecule has 1 aromatic carbocycles. The van der Waals surface area contributed by atoms with Crippen molar-refractivity contribution in [2.24, 2.45) is 4.99 Å². The van der Waals surface area contributed by atoms with Gasteiger partial charge in [-0.05, 0) is 57.5 Å². The molecular weight excluding hydrogens is 349 g/mol. The van der Waals surface area contributed by atoms with Crippen molar-refractivity contribution in [3.8, 4) is 0 Å². The number of nitrogens with zero attached hydrogens (tertiary/aromatic N) is 3. The summed E-state index contributed by atoms with van der Waals surface area (Å²) < 4.78 is 14.9. The first-order chi connectivity index (χ1) is 12.6. The number of aliphatic imine (C=N–C) groups is 1. The summed E-state index contributed by atoms with van der Waals surface area (Å²) in [6, 6.07) is 8.68. The van der Waals surface area contributed by atoms with Gasteiger partial charge in [0.05, 0.1) is 5.69 Å². The molecule has 2 aromatic rings. The fraction of sp³-hybridized carbons (Fsp3) is 0.474. The number of aromatic nitrogens is 2. The van der Waals surface area contributed by atoms with Gasteiger partial charge < -0.3 is 10.6 Å². The SMILES string of the molecule is CCNC(=NCCCn1nc(C)cc1C)NCCSc1ccc(F)cc1. The Morgan fingerprint density at radius 2 is 2.00 bits per heavy atom. The van der Waals surface area contributed by atoms with Crippen LogP contribution in [0.5, 0.6) is 0 Å². The number of rotatable bonds is 9. The monoisotopic (exact) mass is 377 g/mol. The molecule has 5 nitrogen and oxygen atoms in total. The lowest BCUT2D eigenvalue weighted by atomic mass is 10.4. The first-order valence-electron chi connectivity index (χ1n) is 9.00. The van der Waals surface area contributed by atoms with Crippen molar-refractivity contribution in [1.29, 1.82) is 0 Å². The van der Waals surface area contributed by atoms with Gasteiger partial charge in [-0.2, -0.15) is 5.10 Å². The van der Waals surface area contributed by atoms with Gasteiger partial charge in [0.25, 0.3) is 0 Å². The number of aryl methyl sites for hydroxylation is 3. The molecule has 142 valence electrons. The van der Waals surface area contributed by atoms with Crippen LogP contribution < -0.4 is 10.6 Å². The molecule has 2 rings (SSSR count). The predicted molar refractivity (Wildman–Crippen MR) is 107 cm³/mol. The van der Waals surface area contributed by atoms with Crippen molar-refractivity contribution >= 4 is 17.7 Å². The minimum Gasteiger partial charge on any atom is -0.357 e. The zero-order valence-electron chi connectivity index (χ0n) is 15.8. The second kappa shape index (κ2) is 10.9. The Balaban J connectivity index is 1.70. The average Bonchev–Trinajstić information content (AvgIpc) is 2.94. The van der Waals surface area contributed by atoms with Gasteiger partial charge in [0.15, 0.2) is 5.96 Å². The largest absolute Gasteiger partial charge is 0.357 e. The Morgan fingerprint density at radius 1 is 1.23 bits per heavy atom. The number of guanidine groups is 1. The fourth-order valence-corrected chi connectivity index (χ4v) is 3.29. The van der Waals surface area contributed by atoms with E-state index in [1.807, 2.05) is 11.6 Å². The molecule has 0 radical (unpaired) electrons. The predicted octanol–water partition coefficient (Wildman–Crippen LogP) is 3.38. The van der Waals surface area contributed by atoms with E-state index in [0.717, 1.165) is 54.9 Å². The second-order valence-electron chi connectivity index (χ2n) is 5.99. The number of halogens is 1. The summed E-state index contributed by atoms with van der Waals surface area (Å²) in [6.45, 7) is 9.40. The van der Waals surface area contributed by atoms with Crippen molar-refractivity contribution < 1.29 is 4.39 Å². The normalized spacial score (nSPS) is 11.6. The average molecular weight is 378 g/mol. The van der Waals surface area contributed by atoms with E-state index in [9.17, 15) is 4.39 Å². The zero-order chi connectivity index (χ0) is 18.8. The maximum absolute atomic E-state index is 12.9. The van der Waals surface area contributed by atoms with Crippen molar-refractivity contribution in [3.63, 3.8) is 0 Å². The summed E-state index contributed by atoms with van der Waals surface area (Å²) in [7, 11) is 0. The minimum atomic E-state index is -0.200. The summed E-state index contributed by atoms with van der Waals surface area (Å²) in [5.74, 6) is 1.53. The van der Waals surface area contributed by atoms with Crippen LogP contribution in [0.2, 0.25) is 0 Å². The summed E-state index contributed by atoms with van der Waals surface area (Å²) in [5.41, 5.74) is 2.24. The minimum absolute atomic E-state index is 0.200. The van der Waals surface area contributed by atoms with Crippen molar-refractivity contribution in [2.45, 2.75) is 38.6 Å². The van der Waals surface area contributed by atoms with Crippen molar-refractivity contribution in [3.05, 3.63) is 47.5 Å². The lowest BCUT2D eigenvalue weighted by Crippen LogP contribution is -2.38. The molecular formula is C19H28FN5S. The molecule has 0 spiro atoms. The second-order valence-corrected chi connectivity index (χ2v) is 7.16. The molecule has 7 heteroatoms. The van der Waals surface area contributed by atoms with Gasteiger partial charge >= 0.3 is 0 Å². The van der Waals surface area contributed by atoms with Gasteiger partial charge in [0.1, 0.15) is 5.82 Å². The molecule has 0 atom stereocenters. The molecule has 0 saturated heterocycles. The zero-order valence-corrected chi connectivity index (χ0v) is 16.6. The van der Waals surface area contributed by atoms with Crippen LogP contribution in [0.1, 0.15) is 24.7 Å². The van der Waals surface area contributed by atoms with Crippen LogP contribution in [0.15, 0.2) is 40.2 Å². The molecule has 0 amide bonds. The van der Waals surface area contributed by atoms with Crippen LogP contribution in [0.3, 0.4) is 0 Å². The van der Waals surface area contributed by atoms with Gasteiger partial charge in [0, 0.05) is 42.5 Å². The molecule has 1 aromatic heterocycles. The van der Waals surface area contributed by atoms with E-state index in [0.29, 0.717) is 0 Å². The van der Waals surface area contributed by atoms with E-state index < -0.39 is 0 Å². The lowest BCUT2D eigenvalue weighted by molar-refractivity contribution is 0.567. The summed E-state index contributed by atoms with van der Waals surface area (Å²) in [6.07, 6.45) is 0.947. The summed E-state index contributed by atoms with van der Waals surface area (Å²) in [5, 5.41) is 11.1. The quantitative estimate of drug-likeness (QED) is 0.304. The number of hydrogen-bond donors (Lipinski definition) is 2. The van der Waals surface area contributed by atoms with E-state index in [1.165, 1.54) is 17.8 Å². The van der Waals surface area contributed by atoms with Gasteiger partial charge in [-0.3, -0.25) is 9.67 Å². The fourth-order valence-electron chi connectivity index (χ4n) is 2.52. The molecule has 0 unspecified atom stereocenters. The first-order valence-corrected chi connectivity index (χ1v) is 9.98. The maximum Gasteiger partial charge on any atom is 0.191 e. The molecule has 26 heavy (non-hydrogen) atoms. The third kappa shape index (κ3) is 7.07. The molecule has 0 aliphatic carbocycles. The molecule has 0 saturated carbocycles. The highest BCUT2D eigenvalue weighted by atomic mass is 32.2. The molecule has 0 fully saturated rings. The highest BCUT2D eigenvalue weighted by Gasteiger charge is 2.01. The standard InChI is InChI=1S/C19H28FN5S/c1-4-21-19(22-10-5-12-25-16(3)14-15(2)24-25)23-11-13-26-18-8-6-17(20)7-9-18/h6-9,14H,4-5,10-13H2,1-3H3,(H2,21,22,23). The maximum atomic E-state index is 12.9. The van der Waals surface area contributed by atoms with Crippen molar-refractivity contribution in [1.82, 2.24) is 20.4 Å². The van der Waals surface area contributed by atoms with E-state index in [4.69, 9.17) is 0 Å². The molecule has 0 bridgehead atoms. The van der Waals surface area contributed by atoms with Gasteiger partial charge in [-0.15, -0.1) is 11.8 Å². The highest BCUT2D eigenvalue weighted by Crippen LogP contribution is 2.17. The third-order valence-corrected chi connectivity index (χ3v) is 4.74. The smallest absolute Gasteiger partial charge is 0.191 e. The number of benzene rings is 1. The van der Waals surface area contributed by atoms with Crippen LogP contribution >= 0.6 is 11.8 Å². The Kier molecular flexibility index (Phi) is 8.47. The van der Waals surface area contributed by atoms with Gasteiger partial charge in [0.2, 0.25) is 0 Å². The Labute approximate surface area is 159 Å². The lowest BCUT2D eigenvalue weighted by Gasteiger charge is -2.11. The molecule has 0 aliphatic rings. The van der Waals surface area contributed by atoms with Crippen LogP contribution in [0.4, 0.5) is 4.39 Å². The number of nitrogens with one attached hydrogen (secondary N) is 2. The molecule has 1 heterocycles. The summed E-state index contributed by atoms with van der Waals surface area (Å²) >= 11 is 1.70.